The Kier molecular flexibility index (Phi) is 7.33. The number of hydrogen-bond acceptors (Lipinski definition) is 5. The SMILES string of the molecule is CC1(C)C2=CC3c4cc(-c5cccc6c5oc5c(-c7nc(-c8ccccc8)nc(-c8ccccc8)n7)cccc56)ccc4N(c4ccccc4)C3C=C2c2ccccc21. The summed E-state index contributed by atoms with van der Waals surface area (Å²) in [6, 6.07) is 59.8. The molecule has 0 N–H and O–H groups in total. The third-order valence-electron chi connectivity index (χ3n) is 12.7. The van der Waals surface area contributed by atoms with E-state index in [4.69, 9.17) is 19.4 Å². The van der Waals surface area contributed by atoms with E-state index < -0.39 is 0 Å². The molecule has 59 heavy (non-hydrogen) atoms. The average Bonchev–Trinajstić information content (AvgIpc) is 3.91. The highest BCUT2D eigenvalue weighted by molar-refractivity contribution is 6.13. The number of benzene rings is 7. The van der Waals surface area contributed by atoms with Crippen LogP contribution in [0.25, 0.3) is 72.8 Å². The van der Waals surface area contributed by atoms with Gasteiger partial charge < -0.3 is 9.32 Å². The molecule has 0 saturated carbocycles. The second kappa shape index (κ2) is 12.8. The molecular weight excluding hydrogens is 721 g/mol. The topological polar surface area (TPSA) is 55.1 Å². The number of rotatable bonds is 5. The van der Waals surface area contributed by atoms with Gasteiger partial charge in [-0.2, -0.15) is 0 Å². The van der Waals surface area contributed by atoms with Gasteiger partial charge in [0.15, 0.2) is 17.5 Å². The molecule has 280 valence electrons. The molecule has 2 unspecified atom stereocenters. The van der Waals surface area contributed by atoms with Crippen molar-refractivity contribution in [1.82, 2.24) is 15.0 Å². The van der Waals surface area contributed by atoms with E-state index in [9.17, 15) is 0 Å². The van der Waals surface area contributed by atoms with E-state index in [0.29, 0.717) is 17.5 Å². The van der Waals surface area contributed by atoms with Crippen LogP contribution in [0.1, 0.15) is 36.5 Å². The van der Waals surface area contributed by atoms with E-state index in [1.807, 2.05) is 60.7 Å². The molecule has 9 aromatic rings. The van der Waals surface area contributed by atoms with E-state index in [2.05, 4.69) is 140 Å². The first-order valence-electron chi connectivity index (χ1n) is 20.4. The number of allylic oxidation sites excluding steroid dienone is 2. The number of furan rings is 1. The third kappa shape index (κ3) is 5.14. The molecule has 0 radical (unpaired) electrons. The van der Waals surface area contributed by atoms with Gasteiger partial charge in [-0.1, -0.05) is 166 Å². The molecule has 0 bridgehead atoms. The van der Waals surface area contributed by atoms with Crippen molar-refractivity contribution in [3.8, 4) is 45.3 Å². The molecule has 5 heteroatoms. The predicted molar refractivity (Wildman–Crippen MR) is 239 cm³/mol. The highest BCUT2D eigenvalue weighted by Gasteiger charge is 2.46. The molecule has 0 fully saturated rings. The van der Waals surface area contributed by atoms with Crippen LogP contribution in [0.5, 0.6) is 0 Å². The minimum atomic E-state index is -0.0782. The van der Waals surface area contributed by atoms with Gasteiger partial charge in [-0.05, 0) is 63.7 Å². The Morgan fingerprint density at radius 3 is 1.78 bits per heavy atom. The summed E-state index contributed by atoms with van der Waals surface area (Å²) < 4.78 is 7.02. The van der Waals surface area contributed by atoms with E-state index in [-0.39, 0.29) is 17.4 Å². The molecule has 7 aromatic carbocycles. The third-order valence-corrected chi connectivity index (χ3v) is 12.7. The minimum absolute atomic E-state index is 0.0782. The molecule has 3 heterocycles. The lowest BCUT2D eigenvalue weighted by molar-refractivity contribution is 0.640. The first kappa shape index (κ1) is 33.7. The summed E-state index contributed by atoms with van der Waals surface area (Å²) in [5, 5.41) is 2.08. The molecule has 0 spiro atoms. The standard InChI is InChI=1S/C54H38N4O/c1-54(2)45-27-13-12-22-38(45)42-32-48-44(31-46(42)54)43-30-35(28-29-47(43)58(48)36-20-10-5-11-21-36)37-23-14-24-39-40-25-15-26-41(50(40)59-49(37)39)53-56-51(33-16-6-3-7-17-33)55-52(57-53)34-18-8-4-9-19-34/h3-32,44,48H,1-2H3. The molecular formula is C54H38N4O. The van der Waals surface area contributed by atoms with Crippen molar-refractivity contribution in [2.45, 2.75) is 31.2 Å². The molecule has 0 saturated heterocycles. The van der Waals surface area contributed by atoms with Gasteiger partial charge in [0, 0.05) is 50.2 Å². The summed E-state index contributed by atoms with van der Waals surface area (Å²) in [5.74, 6) is 1.99. The van der Waals surface area contributed by atoms with Gasteiger partial charge in [0.25, 0.3) is 0 Å². The Hall–Kier alpha value is -7.37. The Labute approximate surface area is 342 Å². The van der Waals surface area contributed by atoms with Crippen molar-refractivity contribution >= 4 is 38.9 Å². The molecule has 12 rings (SSSR count). The quantitative estimate of drug-likeness (QED) is 0.175. The van der Waals surface area contributed by atoms with Crippen LogP contribution >= 0.6 is 0 Å². The molecule has 2 aromatic heterocycles. The fraction of sp³-hybridized carbons (Fsp3) is 0.0926. The van der Waals surface area contributed by atoms with E-state index in [1.54, 1.807) is 0 Å². The second-order valence-electron chi connectivity index (χ2n) is 16.3. The molecule has 2 aliphatic carbocycles. The Bertz CT molecular complexity index is 3140. The van der Waals surface area contributed by atoms with Gasteiger partial charge in [-0.15, -0.1) is 0 Å². The fourth-order valence-electron chi connectivity index (χ4n) is 9.85. The molecule has 0 amide bonds. The van der Waals surface area contributed by atoms with Gasteiger partial charge in [-0.3, -0.25) is 0 Å². The Balaban J connectivity index is 1.02. The zero-order chi connectivity index (χ0) is 39.2. The van der Waals surface area contributed by atoms with Crippen LogP contribution < -0.4 is 4.90 Å². The first-order valence-corrected chi connectivity index (χ1v) is 20.4. The predicted octanol–water partition coefficient (Wildman–Crippen LogP) is 13.4. The summed E-state index contributed by atoms with van der Waals surface area (Å²) in [4.78, 5) is 17.6. The number of para-hydroxylation sites is 3. The van der Waals surface area contributed by atoms with E-state index >= 15 is 0 Å². The molecule has 1 aliphatic heterocycles. The van der Waals surface area contributed by atoms with Gasteiger partial charge in [0.2, 0.25) is 0 Å². The minimum Gasteiger partial charge on any atom is -0.455 e. The largest absolute Gasteiger partial charge is 0.455 e. The number of fused-ring (bicyclic) bond motifs is 9. The van der Waals surface area contributed by atoms with Crippen LogP contribution in [-0.4, -0.2) is 21.0 Å². The summed E-state index contributed by atoms with van der Waals surface area (Å²) in [5.41, 5.74) is 15.7. The molecule has 2 atom stereocenters. The highest BCUT2D eigenvalue weighted by atomic mass is 16.3. The maximum Gasteiger partial charge on any atom is 0.167 e. The monoisotopic (exact) mass is 758 g/mol. The summed E-state index contributed by atoms with van der Waals surface area (Å²) in [7, 11) is 0. The van der Waals surface area contributed by atoms with Crippen LogP contribution in [0.15, 0.2) is 192 Å². The second-order valence-corrected chi connectivity index (χ2v) is 16.3. The van der Waals surface area contributed by atoms with Crippen molar-refractivity contribution in [3.05, 3.63) is 204 Å². The van der Waals surface area contributed by atoms with Gasteiger partial charge in [0.1, 0.15) is 11.2 Å². The summed E-state index contributed by atoms with van der Waals surface area (Å²) >= 11 is 0. The number of nitrogens with zero attached hydrogens (tertiary/aromatic N) is 4. The first-order chi connectivity index (χ1) is 29.0. The van der Waals surface area contributed by atoms with Gasteiger partial charge in [0.05, 0.1) is 11.6 Å². The lowest BCUT2D eigenvalue weighted by atomic mass is 9.76. The smallest absolute Gasteiger partial charge is 0.167 e. The normalized spacial score (nSPS) is 17.3. The van der Waals surface area contributed by atoms with Gasteiger partial charge >= 0.3 is 0 Å². The summed E-state index contributed by atoms with van der Waals surface area (Å²) in [6.07, 6.45) is 5.11. The Morgan fingerprint density at radius 1 is 0.508 bits per heavy atom. The fourth-order valence-corrected chi connectivity index (χ4v) is 9.85. The van der Waals surface area contributed by atoms with Crippen molar-refractivity contribution in [3.63, 3.8) is 0 Å². The molecule has 3 aliphatic rings. The van der Waals surface area contributed by atoms with Crippen LogP contribution in [-0.2, 0) is 5.41 Å². The zero-order valence-corrected chi connectivity index (χ0v) is 32.7. The lowest BCUT2D eigenvalue weighted by Gasteiger charge is -2.32. The summed E-state index contributed by atoms with van der Waals surface area (Å²) in [6.45, 7) is 4.75. The van der Waals surface area contributed by atoms with Crippen molar-refractivity contribution < 1.29 is 4.42 Å². The van der Waals surface area contributed by atoms with Crippen molar-refractivity contribution in [1.29, 1.82) is 0 Å². The van der Waals surface area contributed by atoms with Crippen molar-refractivity contribution in [2.75, 3.05) is 4.90 Å². The highest BCUT2D eigenvalue weighted by Crippen LogP contribution is 2.58. The molecule has 5 nitrogen and oxygen atoms in total. The maximum atomic E-state index is 7.02. The van der Waals surface area contributed by atoms with Crippen LogP contribution in [0.2, 0.25) is 0 Å². The maximum absolute atomic E-state index is 7.02. The average molecular weight is 759 g/mol. The van der Waals surface area contributed by atoms with Crippen LogP contribution in [0, 0.1) is 0 Å². The van der Waals surface area contributed by atoms with Crippen LogP contribution in [0.3, 0.4) is 0 Å². The van der Waals surface area contributed by atoms with Gasteiger partial charge in [-0.25, -0.2) is 15.0 Å². The Morgan fingerprint density at radius 2 is 1.08 bits per heavy atom. The van der Waals surface area contributed by atoms with E-state index in [0.717, 1.165) is 49.8 Å². The van der Waals surface area contributed by atoms with Crippen molar-refractivity contribution in [2.24, 2.45) is 0 Å². The number of anilines is 2. The zero-order valence-electron chi connectivity index (χ0n) is 32.7. The van der Waals surface area contributed by atoms with E-state index in [1.165, 1.54) is 39.2 Å². The number of aromatic nitrogens is 3. The number of hydrogen-bond donors (Lipinski definition) is 0. The van der Waals surface area contributed by atoms with Crippen LogP contribution in [0.4, 0.5) is 11.4 Å². The lowest BCUT2D eigenvalue weighted by Crippen LogP contribution is -2.30.